The van der Waals surface area contributed by atoms with Crippen LogP contribution in [0.15, 0.2) is 72.8 Å². The first kappa shape index (κ1) is 35.7. The Balaban J connectivity index is 2.00. The summed E-state index contributed by atoms with van der Waals surface area (Å²) in [6, 6.07) is 22.2. The van der Waals surface area contributed by atoms with Crippen molar-refractivity contribution < 1.29 is 59.1 Å². The maximum atomic E-state index is 9.91. The van der Waals surface area contributed by atoms with E-state index in [1.165, 1.54) is 0 Å². The van der Waals surface area contributed by atoms with Gasteiger partial charge >= 0.3 is 0 Å². The Kier molecular flexibility index (Phi) is 12.5. The molecule has 0 aliphatic heterocycles. The highest BCUT2D eigenvalue weighted by Gasteiger charge is 2.53. The van der Waals surface area contributed by atoms with Gasteiger partial charge in [0.25, 0.3) is 0 Å². The van der Waals surface area contributed by atoms with E-state index in [4.69, 9.17) is 28.4 Å². The number of hydrogen-bond acceptors (Lipinski definition) is 12. The fourth-order valence-corrected chi connectivity index (χ4v) is 6.34. The number of benzene rings is 4. The maximum absolute atomic E-state index is 9.91. The Morgan fingerprint density at radius 3 is 0.980 bits per heavy atom. The Labute approximate surface area is 284 Å². The van der Waals surface area contributed by atoms with Crippen LogP contribution >= 0.6 is 0 Å². The van der Waals surface area contributed by atoms with E-state index in [9.17, 15) is 30.6 Å². The van der Waals surface area contributed by atoms with Crippen LogP contribution in [0, 0.1) is 0 Å². The van der Waals surface area contributed by atoms with Crippen LogP contribution in [-0.2, 0) is 5.41 Å². The zero-order chi connectivity index (χ0) is 34.6. The second-order valence-electron chi connectivity index (χ2n) is 10.9. The molecule has 0 heterocycles. The molecule has 0 bridgehead atoms. The Bertz CT molecular complexity index is 1490. The van der Waals surface area contributed by atoms with E-state index in [-0.39, 0.29) is 102 Å². The van der Waals surface area contributed by atoms with E-state index in [1.807, 2.05) is 48.5 Å². The van der Waals surface area contributed by atoms with Crippen molar-refractivity contribution in [2.24, 2.45) is 0 Å². The molecular weight excluding hydrogens is 636 g/mol. The van der Waals surface area contributed by atoms with Gasteiger partial charge in [0.15, 0.2) is 0 Å². The van der Waals surface area contributed by atoms with Gasteiger partial charge in [0.2, 0.25) is 0 Å². The molecule has 0 unspecified atom stereocenters. The molecule has 6 N–H and O–H groups in total. The van der Waals surface area contributed by atoms with Crippen LogP contribution in [-0.4, -0.2) is 110 Å². The van der Waals surface area contributed by atoms with Gasteiger partial charge in [-0.3, -0.25) is 0 Å². The van der Waals surface area contributed by atoms with Gasteiger partial charge in [0.1, 0.15) is 74.1 Å². The molecule has 0 atom stereocenters. The quantitative estimate of drug-likeness (QED) is 0.0709. The summed E-state index contributed by atoms with van der Waals surface area (Å²) in [5.41, 5.74) is 2.93. The number of hydrogen-bond donors (Lipinski definition) is 6. The molecule has 12 heteroatoms. The predicted molar refractivity (Wildman–Crippen MR) is 179 cm³/mol. The van der Waals surface area contributed by atoms with Crippen LogP contribution in [0.25, 0.3) is 11.1 Å². The van der Waals surface area contributed by atoms with Gasteiger partial charge in [0, 0.05) is 24.3 Å². The molecule has 0 saturated heterocycles. The van der Waals surface area contributed by atoms with Crippen LogP contribution in [0.4, 0.5) is 0 Å². The molecule has 262 valence electrons. The molecule has 0 radical (unpaired) electrons. The number of rotatable bonds is 20. The summed E-state index contributed by atoms with van der Waals surface area (Å²) >= 11 is 0. The molecule has 5 rings (SSSR count). The predicted octanol–water partition coefficient (Wildman–Crippen LogP) is 2.28. The third-order valence-electron chi connectivity index (χ3n) is 7.90. The van der Waals surface area contributed by atoms with Crippen molar-refractivity contribution in [1.82, 2.24) is 0 Å². The topological polar surface area (TPSA) is 177 Å². The van der Waals surface area contributed by atoms with E-state index in [0.29, 0.717) is 22.6 Å². The summed E-state index contributed by atoms with van der Waals surface area (Å²) in [6.07, 6.45) is 0. The average molecular weight is 679 g/mol. The lowest BCUT2D eigenvalue weighted by Crippen LogP contribution is -2.32. The maximum Gasteiger partial charge on any atom is 0.131 e. The van der Waals surface area contributed by atoms with Gasteiger partial charge in [-0.25, -0.2) is 0 Å². The summed E-state index contributed by atoms with van der Waals surface area (Å²) < 4.78 is 36.8. The van der Waals surface area contributed by atoms with E-state index >= 15 is 0 Å². The first-order valence-electron chi connectivity index (χ1n) is 16.1. The monoisotopic (exact) mass is 678 g/mol. The lowest BCUT2D eigenvalue weighted by atomic mass is 9.66. The highest BCUT2D eigenvalue weighted by atomic mass is 16.5. The lowest BCUT2D eigenvalue weighted by molar-refractivity contribution is 0.181. The summed E-state index contributed by atoms with van der Waals surface area (Å²) in [5, 5.41) is 58.7. The number of aliphatic hydroxyl groups is 6. The average Bonchev–Trinajstić information content (AvgIpc) is 3.42. The highest BCUT2D eigenvalue weighted by Crippen LogP contribution is 2.64. The van der Waals surface area contributed by atoms with Crippen LogP contribution in [0.5, 0.6) is 34.5 Å². The molecule has 4 aromatic rings. The molecule has 0 amide bonds. The van der Waals surface area contributed by atoms with Crippen molar-refractivity contribution in [2.45, 2.75) is 5.41 Å². The van der Waals surface area contributed by atoms with Gasteiger partial charge in [-0.05, 0) is 22.3 Å². The summed E-state index contributed by atoms with van der Waals surface area (Å²) in [4.78, 5) is 0. The number of fused-ring (bicyclic) bond motifs is 3. The van der Waals surface area contributed by atoms with Crippen molar-refractivity contribution >= 4 is 0 Å². The minimum Gasteiger partial charge on any atom is -0.491 e. The van der Waals surface area contributed by atoms with E-state index in [1.54, 1.807) is 24.3 Å². The molecule has 0 fully saturated rings. The molecular formula is C37H42O12. The molecule has 4 aromatic carbocycles. The van der Waals surface area contributed by atoms with Crippen LogP contribution in [0.1, 0.15) is 22.3 Å². The first-order valence-corrected chi connectivity index (χ1v) is 16.1. The molecule has 12 nitrogen and oxygen atoms in total. The zero-order valence-corrected chi connectivity index (χ0v) is 27.0. The standard InChI is InChI=1S/C37H42O12/c38-9-15-44-25-21-31(46-17-11-40)35(32(22-25)47-18-12-41)37(29-7-3-1-5-27(29)28-6-2-4-8-30(28)37)36-33(48-19-13-42)23-26(45-16-10-39)24-34(36)49-20-14-43/h1-8,21-24,38-43H,9-20H2. The van der Waals surface area contributed by atoms with Crippen molar-refractivity contribution in [2.75, 3.05) is 79.3 Å². The molecule has 49 heavy (non-hydrogen) atoms. The van der Waals surface area contributed by atoms with Crippen LogP contribution in [0.2, 0.25) is 0 Å². The third kappa shape index (κ3) is 7.25. The SMILES string of the molecule is OCCOc1cc(OCCO)c(C2(c3c(OCCO)cc(OCCO)cc3OCCO)c3ccccc3-c3ccccc32)c(OCCO)c1. The second-order valence-corrected chi connectivity index (χ2v) is 10.9. The zero-order valence-electron chi connectivity index (χ0n) is 27.0. The van der Waals surface area contributed by atoms with Crippen LogP contribution in [0.3, 0.4) is 0 Å². The largest absolute Gasteiger partial charge is 0.491 e. The second kappa shape index (κ2) is 17.2. The normalized spacial score (nSPS) is 12.6. The first-order chi connectivity index (χ1) is 24.1. The summed E-state index contributed by atoms with van der Waals surface area (Å²) in [7, 11) is 0. The molecule has 0 saturated carbocycles. The fourth-order valence-electron chi connectivity index (χ4n) is 6.34. The Morgan fingerprint density at radius 1 is 0.388 bits per heavy atom. The van der Waals surface area contributed by atoms with E-state index in [2.05, 4.69) is 0 Å². The van der Waals surface area contributed by atoms with Crippen molar-refractivity contribution in [3.05, 3.63) is 95.1 Å². The van der Waals surface area contributed by atoms with Gasteiger partial charge in [-0.15, -0.1) is 0 Å². The molecule has 0 aromatic heterocycles. The van der Waals surface area contributed by atoms with E-state index in [0.717, 1.165) is 22.3 Å². The van der Waals surface area contributed by atoms with Crippen LogP contribution < -0.4 is 28.4 Å². The van der Waals surface area contributed by atoms with Gasteiger partial charge in [-0.2, -0.15) is 0 Å². The summed E-state index contributed by atoms with van der Waals surface area (Å²) in [5.74, 6) is 1.71. The highest BCUT2D eigenvalue weighted by molar-refractivity contribution is 5.89. The molecule has 1 aliphatic carbocycles. The number of ether oxygens (including phenoxy) is 6. The van der Waals surface area contributed by atoms with Gasteiger partial charge < -0.3 is 59.1 Å². The van der Waals surface area contributed by atoms with Crippen molar-refractivity contribution in [3.63, 3.8) is 0 Å². The minimum atomic E-state index is -1.36. The van der Waals surface area contributed by atoms with Gasteiger partial charge in [0.05, 0.1) is 56.2 Å². The number of aliphatic hydroxyl groups excluding tert-OH is 6. The fraction of sp³-hybridized carbons (Fsp3) is 0.351. The van der Waals surface area contributed by atoms with Crippen molar-refractivity contribution in [3.8, 4) is 45.6 Å². The van der Waals surface area contributed by atoms with Gasteiger partial charge in [-0.1, -0.05) is 48.5 Å². The summed E-state index contributed by atoms with van der Waals surface area (Å²) in [6.45, 7) is -2.10. The smallest absolute Gasteiger partial charge is 0.131 e. The minimum absolute atomic E-state index is 0.0113. The Hall–Kier alpha value is -4.56. The molecule has 0 spiro atoms. The Morgan fingerprint density at radius 2 is 0.673 bits per heavy atom. The third-order valence-corrected chi connectivity index (χ3v) is 7.90. The molecule has 1 aliphatic rings. The van der Waals surface area contributed by atoms with Crippen molar-refractivity contribution in [1.29, 1.82) is 0 Å². The van der Waals surface area contributed by atoms with E-state index < -0.39 is 5.41 Å². The lowest BCUT2D eigenvalue weighted by Gasteiger charge is -2.38.